The highest BCUT2D eigenvalue weighted by molar-refractivity contribution is 9.10. The topological polar surface area (TPSA) is 14.2 Å². The zero-order chi connectivity index (χ0) is 17.3. The van der Waals surface area contributed by atoms with E-state index in [0.29, 0.717) is 5.76 Å². The maximum absolute atomic E-state index is 5.53. The summed E-state index contributed by atoms with van der Waals surface area (Å²) in [7, 11) is 1.65. The summed E-state index contributed by atoms with van der Waals surface area (Å²) in [5.41, 5.74) is 3.22. The summed E-state index contributed by atoms with van der Waals surface area (Å²) in [6.45, 7) is 11.3. The Bertz CT molecular complexity index is 1030. The van der Waals surface area contributed by atoms with Crippen molar-refractivity contribution in [2.75, 3.05) is 7.11 Å². The van der Waals surface area contributed by atoms with Gasteiger partial charge in [0, 0.05) is 23.0 Å². The van der Waals surface area contributed by atoms with Crippen LogP contribution in [0.3, 0.4) is 0 Å². The number of methoxy groups -OCH3 is 1. The second-order valence-corrected chi connectivity index (χ2v) is 6.38. The predicted octanol–water partition coefficient (Wildman–Crippen LogP) is 4.19. The molecule has 1 aromatic heterocycles. The molecule has 0 unspecified atom stereocenters. The monoisotopic (exact) mass is 381 g/mol. The lowest BCUT2D eigenvalue weighted by atomic mass is 10.1. The van der Waals surface area contributed by atoms with E-state index < -0.39 is 0 Å². The predicted molar refractivity (Wildman–Crippen MR) is 105 cm³/mol. The molecule has 0 spiro atoms. The van der Waals surface area contributed by atoms with E-state index in [1.165, 1.54) is 10.9 Å². The first-order chi connectivity index (χ1) is 11.6. The van der Waals surface area contributed by atoms with Gasteiger partial charge in [0.2, 0.25) is 0 Å². The van der Waals surface area contributed by atoms with Crippen molar-refractivity contribution in [3.63, 3.8) is 0 Å². The van der Waals surface area contributed by atoms with Crippen LogP contribution in [-0.2, 0) is 11.3 Å². The van der Waals surface area contributed by atoms with Crippen LogP contribution in [0, 0.1) is 0 Å². The first kappa shape index (κ1) is 16.6. The van der Waals surface area contributed by atoms with Gasteiger partial charge in [-0.05, 0) is 39.4 Å². The van der Waals surface area contributed by atoms with Gasteiger partial charge in [0.15, 0.2) is 0 Å². The molecule has 1 heterocycles. The average Bonchev–Trinajstić information content (AvgIpc) is 2.89. The molecule has 3 rings (SSSR count). The molecule has 0 N–H and O–H groups in total. The normalized spacial score (nSPS) is 12.3. The number of rotatable bonds is 4. The minimum absolute atomic E-state index is 0.629. The number of allylic oxidation sites excluding steroid dienone is 1. The van der Waals surface area contributed by atoms with E-state index in [0.717, 1.165) is 32.7 Å². The highest BCUT2D eigenvalue weighted by Gasteiger charge is 2.20. The van der Waals surface area contributed by atoms with Crippen LogP contribution in [-0.4, -0.2) is 11.7 Å². The van der Waals surface area contributed by atoms with Crippen LogP contribution in [0.4, 0.5) is 0 Å². The highest BCUT2D eigenvalue weighted by Crippen LogP contribution is 2.36. The summed E-state index contributed by atoms with van der Waals surface area (Å²) < 4.78 is 8.87. The summed E-state index contributed by atoms with van der Waals surface area (Å²) in [4.78, 5) is 0. The van der Waals surface area contributed by atoms with Crippen LogP contribution in [0.1, 0.15) is 12.6 Å². The number of para-hydroxylation sites is 1. The summed E-state index contributed by atoms with van der Waals surface area (Å²) in [5, 5.41) is 3.16. The molecule has 0 aliphatic heterocycles. The molecule has 0 saturated carbocycles. The quantitative estimate of drug-likeness (QED) is 0.617. The van der Waals surface area contributed by atoms with Gasteiger partial charge in [-0.15, -0.1) is 0 Å². The standard InChI is InChI=1S/C21H20BrNO/c1-5-23-18-13-9-8-12-17(18)20(22)21(23)19(15(3)24-4)16-11-7-6-10-14(16)2/h6-13H,2-3,5H2,1,4H3/b19-16+. The third kappa shape index (κ3) is 2.59. The van der Waals surface area contributed by atoms with Crippen LogP contribution in [0.5, 0.6) is 0 Å². The second-order valence-electron chi connectivity index (χ2n) is 5.58. The molecule has 0 fully saturated rings. The molecule has 0 bridgehead atoms. The van der Waals surface area contributed by atoms with Crippen LogP contribution < -0.4 is 10.4 Å². The van der Waals surface area contributed by atoms with Crippen LogP contribution in [0.15, 0.2) is 65.3 Å². The Labute approximate surface area is 150 Å². The Morgan fingerprint density at radius 3 is 2.46 bits per heavy atom. The Hall–Kier alpha value is -2.26. The number of nitrogens with zero attached hydrogens (tertiary/aromatic N) is 1. The largest absolute Gasteiger partial charge is 0.497 e. The fourth-order valence-electron chi connectivity index (χ4n) is 3.11. The number of aryl methyl sites for hydroxylation is 1. The van der Waals surface area contributed by atoms with E-state index in [1.54, 1.807) is 7.11 Å². The van der Waals surface area contributed by atoms with Crippen molar-refractivity contribution < 1.29 is 4.74 Å². The summed E-state index contributed by atoms with van der Waals surface area (Å²) >= 11 is 3.80. The van der Waals surface area contributed by atoms with Crippen LogP contribution in [0.25, 0.3) is 23.1 Å². The first-order valence-electron chi connectivity index (χ1n) is 7.88. The molecule has 122 valence electrons. The highest BCUT2D eigenvalue weighted by atomic mass is 79.9. The van der Waals surface area contributed by atoms with E-state index in [-0.39, 0.29) is 0 Å². The minimum atomic E-state index is 0.629. The third-order valence-corrected chi connectivity index (χ3v) is 5.08. The van der Waals surface area contributed by atoms with Gasteiger partial charge < -0.3 is 9.30 Å². The van der Waals surface area contributed by atoms with Crippen molar-refractivity contribution in [2.24, 2.45) is 0 Å². The van der Waals surface area contributed by atoms with Crippen molar-refractivity contribution in [2.45, 2.75) is 13.5 Å². The molecule has 2 nitrogen and oxygen atoms in total. The number of ether oxygens (including phenoxy) is 1. The Balaban J connectivity index is 2.53. The molecule has 0 atom stereocenters. The van der Waals surface area contributed by atoms with E-state index in [2.05, 4.69) is 70.9 Å². The van der Waals surface area contributed by atoms with Crippen molar-refractivity contribution >= 4 is 39.0 Å². The lowest BCUT2D eigenvalue weighted by molar-refractivity contribution is 0.312. The van der Waals surface area contributed by atoms with Crippen molar-refractivity contribution in [1.82, 2.24) is 4.57 Å². The van der Waals surface area contributed by atoms with Gasteiger partial charge in [0.1, 0.15) is 5.76 Å². The average molecular weight is 382 g/mol. The molecule has 0 radical (unpaired) electrons. The molecule has 0 saturated heterocycles. The Morgan fingerprint density at radius 1 is 1.12 bits per heavy atom. The molecular weight excluding hydrogens is 362 g/mol. The van der Waals surface area contributed by atoms with E-state index in [1.807, 2.05) is 18.2 Å². The van der Waals surface area contributed by atoms with Gasteiger partial charge in [0.05, 0.1) is 17.3 Å². The third-order valence-electron chi connectivity index (χ3n) is 4.27. The zero-order valence-electron chi connectivity index (χ0n) is 14.0. The first-order valence-corrected chi connectivity index (χ1v) is 8.68. The number of hydrogen-bond donors (Lipinski definition) is 0. The number of fused-ring (bicyclic) bond motifs is 1. The van der Waals surface area contributed by atoms with Crippen molar-refractivity contribution in [3.05, 3.63) is 81.5 Å². The van der Waals surface area contributed by atoms with Crippen LogP contribution in [0.2, 0.25) is 0 Å². The molecule has 24 heavy (non-hydrogen) atoms. The lowest BCUT2D eigenvalue weighted by Crippen LogP contribution is -2.27. The Morgan fingerprint density at radius 2 is 1.79 bits per heavy atom. The number of benzene rings is 2. The van der Waals surface area contributed by atoms with E-state index in [4.69, 9.17) is 4.74 Å². The smallest absolute Gasteiger partial charge is 0.121 e. The second kappa shape index (κ2) is 6.70. The fraction of sp³-hybridized carbons (Fsp3) is 0.143. The van der Waals surface area contributed by atoms with Gasteiger partial charge in [-0.25, -0.2) is 0 Å². The number of hydrogen-bond acceptors (Lipinski definition) is 1. The van der Waals surface area contributed by atoms with Gasteiger partial charge in [-0.2, -0.15) is 0 Å². The van der Waals surface area contributed by atoms with Crippen molar-refractivity contribution in [3.8, 4) is 0 Å². The zero-order valence-corrected chi connectivity index (χ0v) is 15.6. The van der Waals surface area contributed by atoms with Gasteiger partial charge >= 0.3 is 0 Å². The fourth-order valence-corrected chi connectivity index (χ4v) is 3.86. The maximum atomic E-state index is 5.53. The molecule has 3 heteroatoms. The molecule has 0 aliphatic carbocycles. The molecule has 0 amide bonds. The van der Waals surface area contributed by atoms with Gasteiger partial charge in [0.25, 0.3) is 0 Å². The molecule has 2 aromatic carbocycles. The summed E-state index contributed by atoms with van der Waals surface area (Å²) in [6, 6.07) is 16.4. The van der Waals surface area contributed by atoms with Gasteiger partial charge in [-0.3, -0.25) is 0 Å². The summed E-state index contributed by atoms with van der Waals surface area (Å²) in [5.74, 6) is 0.629. The molecule has 0 aliphatic rings. The molecule has 3 aromatic rings. The molecular formula is C21H20BrNO. The maximum Gasteiger partial charge on any atom is 0.121 e. The Kier molecular flexibility index (Phi) is 4.63. The minimum Gasteiger partial charge on any atom is -0.497 e. The SMILES string of the molecule is C=C(OC)/C(c1c(Br)c2ccccc2n1CC)=c1/ccccc1=C. The summed E-state index contributed by atoms with van der Waals surface area (Å²) in [6.07, 6.45) is 0. The number of halogens is 1. The van der Waals surface area contributed by atoms with Gasteiger partial charge in [-0.1, -0.05) is 55.6 Å². The number of aromatic nitrogens is 1. The van der Waals surface area contributed by atoms with Crippen molar-refractivity contribution in [1.29, 1.82) is 0 Å². The van der Waals surface area contributed by atoms with Crippen LogP contribution >= 0.6 is 15.9 Å². The van der Waals surface area contributed by atoms with E-state index in [9.17, 15) is 0 Å². The lowest BCUT2D eigenvalue weighted by Gasteiger charge is -2.15. The van der Waals surface area contributed by atoms with E-state index >= 15 is 0 Å².